The molecular formula is C15H22N6O5S. The van der Waals surface area contributed by atoms with Crippen LogP contribution in [0.4, 0.5) is 5.82 Å². The maximum Gasteiger partial charge on any atom is 0.167 e. The summed E-state index contributed by atoms with van der Waals surface area (Å²) in [6.45, 7) is 0. The van der Waals surface area contributed by atoms with E-state index in [9.17, 15) is 20.1 Å². The molecule has 0 amide bonds. The molecule has 1 aliphatic rings. The average molecular weight is 397 g/mol. The minimum Gasteiger partial charge on any atom is -0.548 e. The Bertz CT molecular complexity index is 819. The van der Waals surface area contributed by atoms with Crippen LogP contribution in [0.1, 0.15) is 12.6 Å². The molecule has 148 valence electrons. The number of aliphatic hydroxyl groups excluding tert-OH is 2. The summed E-state index contributed by atoms with van der Waals surface area (Å²) in [6.07, 6.45) is 1.17. The van der Waals surface area contributed by atoms with Gasteiger partial charge in [-0.25, -0.2) is 15.0 Å². The zero-order valence-corrected chi connectivity index (χ0v) is 15.5. The lowest BCUT2D eigenvalue weighted by Gasteiger charge is -2.16. The number of carboxylic acid groups (broad SMARTS) is 1. The van der Waals surface area contributed by atoms with Crippen molar-refractivity contribution in [1.29, 1.82) is 0 Å². The van der Waals surface area contributed by atoms with E-state index in [-0.39, 0.29) is 23.1 Å². The summed E-state index contributed by atoms with van der Waals surface area (Å²) in [4.78, 5) is 22.8. The number of rotatable bonds is 7. The second-order valence-corrected chi connectivity index (χ2v) is 8.80. The molecule has 6 atom stereocenters. The fraction of sp³-hybridized carbons (Fsp3) is 0.600. The summed E-state index contributed by atoms with van der Waals surface area (Å²) in [7, 11) is -0.263. The molecule has 0 bridgehead atoms. The molecule has 2 aromatic heterocycles. The van der Waals surface area contributed by atoms with E-state index in [1.807, 2.05) is 6.26 Å². The third-order valence-corrected chi connectivity index (χ3v) is 6.36. The first-order valence-electron chi connectivity index (χ1n) is 8.29. The predicted molar refractivity (Wildman–Crippen MR) is 96.3 cm³/mol. The SMILES string of the molecule is [11CH3][S+](CCC(N)C(=O)[O-])CC1OC(n2cnc3c(N)ncnc32)C(O)C1O. The number of hydrogen-bond acceptors (Lipinski definition) is 10. The van der Waals surface area contributed by atoms with E-state index < -0.39 is 36.6 Å². The number of ether oxygens (including phenoxy) is 1. The Morgan fingerprint density at radius 2 is 2.15 bits per heavy atom. The fourth-order valence-electron chi connectivity index (χ4n) is 2.96. The van der Waals surface area contributed by atoms with E-state index in [0.717, 1.165) is 0 Å². The van der Waals surface area contributed by atoms with Gasteiger partial charge in [0, 0.05) is 12.5 Å². The molecule has 2 aromatic rings. The van der Waals surface area contributed by atoms with Crippen LogP contribution in [0.5, 0.6) is 0 Å². The number of nitrogens with two attached hydrogens (primary N) is 2. The zero-order valence-electron chi connectivity index (χ0n) is 14.6. The lowest BCUT2D eigenvalue weighted by Crippen LogP contribution is -2.43. The monoisotopic (exact) mass is 397 g/mol. The second kappa shape index (κ2) is 7.94. The van der Waals surface area contributed by atoms with Crippen LogP contribution in [0.15, 0.2) is 12.7 Å². The van der Waals surface area contributed by atoms with E-state index in [0.29, 0.717) is 22.7 Å². The number of aliphatic carboxylic acids is 1. The number of carbonyl (C=O) groups is 1. The van der Waals surface area contributed by atoms with Crippen LogP contribution in [0.3, 0.4) is 0 Å². The van der Waals surface area contributed by atoms with Crippen LogP contribution >= 0.6 is 0 Å². The number of nitrogens with zero attached hydrogens (tertiary/aromatic N) is 4. The summed E-state index contributed by atoms with van der Waals surface area (Å²) in [5.41, 5.74) is 12.0. The lowest BCUT2D eigenvalue weighted by molar-refractivity contribution is -0.307. The highest BCUT2D eigenvalue weighted by Crippen LogP contribution is 2.32. The zero-order chi connectivity index (χ0) is 19.7. The van der Waals surface area contributed by atoms with Crippen molar-refractivity contribution in [3.8, 4) is 0 Å². The molecule has 0 aromatic carbocycles. The van der Waals surface area contributed by atoms with Gasteiger partial charge >= 0.3 is 0 Å². The minimum absolute atomic E-state index is 0.211. The number of aliphatic hydroxyl groups is 2. The van der Waals surface area contributed by atoms with Crippen molar-refractivity contribution < 1.29 is 24.9 Å². The van der Waals surface area contributed by atoms with Crippen LogP contribution in [-0.2, 0) is 20.4 Å². The molecule has 11 nitrogen and oxygen atoms in total. The smallest absolute Gasteiger partial charge is 0.167 e. The molecule has 6 N–H and O–H groups in total. The molecule has 0 spiro atoms. The van der Waals surface area contributed by atoms with Crippen LogP contribution < -0.4 is 16.6 Å². The Morgan fingerprint density at radius 1 is 1.41 bits per heavy atom. The number of carbonyl (C=O) groups excluding carboxylic acids is 1. The molecule has 3 heterocycles. The Morgan fingerprint density at radius 3 is 2.85 bits per heavy atom. The molecule has 0 saturated carbocycles. The number of anilines is 1. The van der Waals surface area contributed by atoms with Crippen molar-refractivity contribution in [2.45, 2.75) is 37.0 Å². The van der Waals surface area contributed by atoms with Gasteiger partial charge in [0.1, 0.15) is 41.7 Å². The molecule has 1 aliphatic heterocycles. The number of aromatic nitrogens is 4. The van der Waals surface area contributed by atoms with Crippen molar-refractivity contribution >= 4 is 33.8 Å². The van der Waals surface area contributed by atoms with Gasteiger partial charge in [-0.15, -0.1) is 0 Å². The fourth-order valence-corrected chi connectivity index (χ4v) is 4.62. The van der Waals surface area contributed by atoms with Crippen molar-refractivity contribution in [2.75, 3.05) is 23.5 Å². The number of fused-ring (bicyclic) bond motifs is 1. The molecule has 1 fully saturated rings. The van der Waals surface area contributed by atoms with Crippen molar-refractivity contribution in [1.82, 2.24) is 19.5 Å². The van der Waals surface area contributed by atoms with Crippen LogP contribution in [0.25, 0.3) is 11.2 Å². The highest BCUT2D eigenvalue weighted by atomic mass is 32.2. The maximum absolute atomic E-state index is 10.7. The Hall–Kier alpha value is -1.99. The van der Waals surface area contributed by atoms with E-state index in [1.165, 1.54) is 17.2 Å². The summed E-state index contributed by atoms with van der Waals surface area (Å²) in [6, 6.07) is -1.02. The Labute approximate surface area is 157 Å². The standard InChI is InChI=1S/C15H22N6O5S/c1-27(3-2-7(16)15(24)25)4-8-10(22)11(23)14(26-8)21-6-20-9-12(17)18-5-19-13(9)21/h5-8,10-11,14,22-23H,2-4,16H2,1H3,(H2-,17,18,19,24,25)/i1-1. The van der Waals surface area contributed by atoms with Gasteiger partial charge in [0.05, 0.1) is 18.6 Å². The summed E-state index contributed by atoms with van der Waals surface area (Å²) < 4.78 is 7.39. The van der Waals surface area contributed by atoms with Gasteiger partial charge in [0.2, 0.25) is 0 Å². The largest absolute Gasteiger partial charge is 0.548 e. The lowest BCUT2D eigenvalue weighted by atomic mass is 10.1. The average Bonchev–Trinajstić information content (AvgIpc) is 3.17. The molecule has 0 radical (unpaired) electrons. The Kier molecular flexibility index (Phi) is 5.81. The van der Waals surface area contributed by atoms with E-state index in [4.69, 9.17) is 16.2 Å². The molecule has 0 aliphatic carbocycles. The number of nitrogen functional groups attached to an aromatic ring is 1. The van der Waals surface area contributed by atoms with Crippen LogP contribution in [-0.4, -0.2) is 77.8 Å². The van der Waals surface area contributed by atoms with Gasteiger partial charge in [0.15, 0.2) is 17.7 Å². The number of hydrogen-bond donors (Lipinski definition) is 4. The molecule has 12 heteroatoms. The molecule has 3 rings (SSSR count). The third kappa shape index (κ3) is 3.99. The van der Waals surface area contributed by atoms with Gasteiger partial charge in [-0.3, -0.25) is 4.57 Å². The third-order valence-electron chi connectivity index (χ3n) is 4.53. The van der Waals surface area contributed by atoms with Gasteiger partial charge < -0.3 is 36.3 Å². The summed E-state index contributed by atoms with van der Waals surface area (Å²) in [5.74, 6) is -0.0611. The first-order chi connectivity index (χ1) is 12.8. The topological polar surface area (TPSA) is 185 Å². The minimum atomic E-state index is -1.28. The summed E-state index contributed by atoms with van der Waals surface area (Å²) in [5, 5.41) is 31.5. The van der Waals surface area contributed by atoms with Gasteiger partial charge in [0.25, 0.3) is 0 Å². The van der Waals surface area contributed by atoms with Crippen LogP contribution in [0, 0.1) is 0 Å². The van der Waals surface area contributed by atoms with E-state index >= 15 is 0 Å². The summed E-state index contributed by atoms with van der Waals surface area (Å²) >= 11 is 0. The molecular weight excluding hydrogens is 375 g/mol. The molecule has 1 saturated heterocycles. The predicted octanol–water partition coefficient (Wildman–Crippen LogP) is -3.26. The normalized spacial score (nSPS) is 27.7. The van der Waals surface area contributed by atoms with E-state index in [2.05, 4.69) is 15.0 Å². The highest BCUT2D eigenvalue weighted by molar-refractivity contribution is 7.96. The van der Waals surface area contributed by atoms with Crippen molar-refractivity contribution in [3.05, 3.63) is 12.7 Å². The maximum atomic E-state index is 10.7. The van der Waals surface area contributed by atoms with Gasteiger partial charge in [-0.1, -0.05) is 0 Å². The van der Waals surface area contributed by atoms with Crippen molar-refractivity contribution in [2.24, 2.45) is 5.73 Å². The van der Waals surface area contributed by atoms with E-state index in [1.54, 1.807) is 0 Å². The Balaban J connectivity index is 1.68. The molecule has 27 heavy (non-hydrogen) atoms. The number of carboxylic acids is 1. The van der Waals surface area contributed by atoms with Crippen LogP contribution in [0.2, 0.25) is 0 Å². The van der Waals surface area contributed by atoms with Crippen molar-refractivity contribution in [3.63, 3.8) is 0 Å². The van der Waals surface area contributed by atoms with Gasteiger partial charge in [-0.2, -0.15) is 0 Å². The quantitative estimate of drug-likeness (QED) is 0.346. The number of imidazole rings is 1. The first kappa shape index (κ1) is 19.8. The first-order valence-corrected chi connectivity index (χ1v) is 10.3. The highest BCUT2D eigenvalue weighted by Gasteiger charge is 2.46. The molecule has 6 unspecified atom stereocenters. The van der Waals surface area contributed by atoms with Gasteiger partial charge in [-0.05, 0) is 10.9 Å². The second-order valence-electron chi connectivity index (χ2n) is 6.50.